The highest BCUT2D eigenvalue weighted by Crippen LogP contribution is 1.87. The number of aryl methyl sites for hydroxylation is 1. The van der Waals surface area contributed by atoms with Gasteiger partial charge >= 0.3 is 0 Å². The lowest BCUT2D eigenvalue weighted by molar-refractivity contribution is 0.550. The first kappa shape index (κ1) is 8.27. The Morgan fingerprint density at radius 2 is 2.45 bits per heavy atom. The first-order valence-corrected chi connectivity index (χ1v) is 4.11. The molecule has 0 saturated heterocycles. The Balaban J connectivity index is 2.04. The van der Waals surface area contributed by atoms with Gasteiger partial charge in [0, 0.05) is 18.9 Å². The topological polar surface area (TPSA) is 29.9 Å². The Kier molecular flexibility index (Phi) is 3.69. The van der Waals surface area contributed by atoms with Crippen molar-refractivity contribution in [3.05, 3.63) is 18.5 Å². The van der Waals surface area contributed by atoms with Gasteiger partial charge in [-0.2, -0.15) is 5.10 Å². The molecule has 0 fully saturated rings. The van der Waals surface area contributed by atoms with E-state index in [9.17, 15) is 0 Å². The van der Waals surface area contributed by atoms with E-state index in [2.05, 4.69) is 17.3 Å². The van der Waals surface area contributed by atoms with Crippen LogP contribution >= 0.6 is 0 Å². The van der Waals surface area contributed by atoms with Gasteiger partial charge in [-0.25, -0.2) is 0 Å². The second-order valence-corrected chi connectivity index (χ2v) is 2.48. The molecule has 0 bridgehead atoms. The van der Waals surface area contributed by atoms with Crippen molar-refractivity contribution in [3.63, 3.8) is 0 Å². The van der Waals surface area contributed by atoms with Crippen molar-refractivity contribution < 1.29 is 0 Å². The average molecular weight is 153 g/mol. The Hall–Kier alpha value is -0.830. The predicted octanol–water partition coefficient (Wildman–Crippen LogP) is 0.883. The highest BCUT2D eigenvalue weighted by Gasteiger charge is 1.88. The molecule has 0 aromatic carbocycles. The van der Waals surface area contributed by atoms with Gasteiger partial charge in [-0.15, -0.1) is 0 Å². The fraction of sp³-hybridized carbons (Fsp3) is 0.625. The Bertz CT molecular complexity index is 169. The van der Waals surface area contributed by atoms with Crippen LogP contribution in [0.25, 0.3) is 0 Å². The highest BCUT2D eigenvalue weighted by molar-refractivity contribution is 4.77. The summed E-state index contributed by atoms with van der Waals surface area (Å²) < 4.78 is 1.96. The maximum absolute atomic E-state index is 4.10. The standard InChI is InChI=1S/C8H15N3/c1-2-9-5-3-7-11-8-4-6-10-11/h4,6,8-9H,2-3,5,7H2,1H3. The van der Waals surface area contributed by atoms with Gasteiger partial charge in [-0.1, -0.05) is 6.92 Å². The summed E-state index contributed by atoms with van der Waals surface area (Å²) in [4.78, 5) is 0. The summed E-state index contributed by atoms with van der Waals surface area (Å²) in [5.74, 6) is 0. The fourth-order valence-corrected chi connectivity index (χ4v) is 0.976. The molecular formula is C8H15N3. The van der Waals surface area contributed by atoms with Crippen LogP contribution in [0.15, 0.2) is 18.5 Å². The van der Waals surface area contributed by atoms with E-state index in [1.165, 1.54) is 0 Å². The van der Waals surface area contributed by atoms with Gasteiger partial charge in [0.25, 0.3) is 0 Å². The van der Waals surface area contributed by atoms with Crippen molar-refractivity contribution in [2.75, 3.05) is 13.1 Å². The van der Waals surface area contributed by atoms with Crippen LogP contribution in [0.3, 0.4) is 0 Å². The van der Waals surface area contributed by atoms with Crippen LogP contribution in [0.4, 0.5) is 0 Å². The Morgan fingerprint density at radius 3 is 3.09 bits per heavy atom. The molecule has 1 rings (SSSR count). The largest absolute Gasteiger partial charge is 0.317 e. The molecule has 0 unspecified atom stereocenters. The second kappa shape index (κ2) is 4.91. The summed E-state index contributed by atoms with van der Waals surface area (Å²) in [6.45, 7) is 5.27. The molecular weight excluding hydrogens is 138 g/mol. The van der Waals surface area contributed by atoms with Crippen molar-refractivity contribution in [1.82, 2.24) is 15.1 Å². The summed E-state index contributed by atoms with van der Waals surface area (Å²) >= 11 is 0. The number of hydrogen-bond acceptors (Lipinski definition) is 2. The zero-order valence-corrected chi connectivity index (χ0v) is 6.95. The molecule has 1 N–H and O–H groups in total. The van der Waals surface area contributed by atoms with Gasteiger partial charge in [0.05, 0.1) is 0 Å². The van der Waals surface area contributed by atoms with Crippen molar-refractivity contribution in [2.45, 2.75) is 19.9 Å². The molecule has 1 aromatic rings. The summed E-state index contributed by atoms with van der Waals surface area (Å²) in [6.07, 6.45) is 4.95. The normalized spacial score (nSPS) is 10.3. The fourth-order valence-electron chi connectivity index (χ4n) is 0.976. The monoisotopic (exact) mass is 153 g/mol. The van der Waals surface area contributed by atoms with E-state index in [4.69, 9.17) is 0 Å². The third kappa shape index (κ3) is 3.18. The molecule has 3 nitrogen and oxygen atoms in total. The van der Waals surface area contributed by atoms with E-state index in [1.807, 2.05) is 23.1 Å². The lowest BCUT2D eigenvalue weighted by Gasteiger charge is -2.01. The van der Waals surface area contributed by atoms with Gasteiger partial charge < -0.3 is 5.32 Å². The number of hydrogen-bond donors (Lipinski definition) is 1. The van der Waals surface area contributed by atoms with Crippen molar-refractivity contribution in [3.8, 4) is 0 Å². The Labute approximate surface area is 67.4 Å². The minimum Gasteiger partial charge on any atom is -0.317 e. The van der Waals surface area contributed by atoms with Crippen LogP contribution in [0.5, 0.6) is 0 Å². The van der Waals surface area contributed by atoms with Gasteiger partial charge in [0.1, 0.15) is 0 Å². The molecule has 1 aromatic heterocycles. The van der Waals surface area contributed by atoms with Crippen LogP contribution < -0.4 is 5.32 Å². The smallest absolute Gasteiger partial charge is 0.0489 e. The molecule has 0 saturated carbocycles. The highest BCUT2D eigenvalue weighted by atomic mass is 15.3. The molecule has 0 atom stereocenters. The quantitative estimate of drug-likeness (QED) is 0.636. The van der Waals surface area contributed by atoms with E-state index in [1.54, 1.807) is 0 Å². The SMILES string of the molecule is CCNCCCn1cccn1. The Morgan fingerprint density at radius 1 is 1.55 bits per heavy atom. The van der Waals surface area contributed by atoms with E-state index in [0.717, 1.165) is 26.1 Å². The molecule has 62 valence electrons. The van der Waals surface area contributed by atoms with Crippen molar-refractivity contribution in [2.24, 2.45) is 0 Å². The van der Waals surface area contributed by atoms with Gasteiger partial charge in [-0.3, -0.25) is 4.68 Å². The third-order valence-electron chi connectivity index (χ3n) is 1.55. The number of aromatic nitrogens is 2. The molecule has 0 aliphatic rings. The summed E-state index contributed by atoms with van der Waals surface area (Å²) in [5, 5.41) is 7.37. The zero-order valence-electron chi connectivity index (χ0n) is 6.95. The number of nitrogens with one attached hydrogen (secondary N) is 1. The first-order valence-electron chi connectivity index (χ1n) is 4.11. The van der Waals surface area contributed by atoms with Crippen molar-refractivity contribution >= 4 is 0 Å². The maximum atomic E-state index is 4.10. The van der Waals surface area contributed by atoms with E-state index < -0.39 is 0 Å². The summed E-state index contributed by atoms with van der Waals surface area (Å²) in [5.41, 5.74) is 0. The lowest BCUT2D eigenvalue weighted by atomic mass is 10.4. The first-order chi connectivity index (χ1) is 5.43. The van der Waals surface area contributed by atoms with Crippen LogP contribution in [0, 0.1) is 0 Å². The molecule has 11 heavy (non-hydrogen) atoms. The van der Waals surface area contributed by atoms with Gasteiger partial charge in [0.15, 0.2) is 0 Å². The van der Waals surface area contributed by atoms with Crippen molar-refractivity contribution in [1.29, 1.82) is 0 Å². The van der Waals surface area contributed by atoms with Crippen LogP contribution in [0.1, 0.15) is 13.3 Å². The molecule has 0 radical (unpaired) electrons. The molecule has 0 spiro atoms. The zero-order chi connectivity index (χ0) is 7.94. The van der Waals surface area contributed by atoms with Crippen LogP contribution in [-0.2, 0) is 6.54 Å². The average Bonchev–Trinajstić information content (AvgIpc) is 2.50. The van der Waals surface area contributed by atoms with E-state index >= 15 is 0 Å². The second-order valence-electron chi connectivity index (χ2n) is 2.48. The third-order valence-corrected chi connectivity index (χ3v) is 1.55. The van der Waals surface area contributed by atoms with Gasteiger partial charge in [0.2, 0.25) is 0 Å². The molecule has 0 aliphatic heterocycles. The lowest BCUT2D eigenvalue weighted by Crippen LogP contribution is -2.16. The molecule has 1 heterocycles. The molecule has 0 aliphatic carbocycles. The van der Waals surface area contributed by atoms with E-state index in [-0.39, 0.29) is 0 Å². The van der Waals surface area contributed by atoms with Gasteiger partial charge in [-0.05, 0) is 25.6 Å². The van der Waals surface area contributed by atoms with Crippen LogP contribution in [0.2, 0.25) is 0 Å². The summed E-state index contributed by atoms with van der Waals surface area (Å²) in [6, 6.07) is 1.95. The maximum Gasteiger partial charge on any atom is 0.0489 e. The molecule has 3 heteroatoms. The minimum atomic E-state index is 1.01. The minimum absolute atomic E-state index is 1.01. The van der Waals surface area contributed by atoms with Crippen LogP contribution in [-0.4, -0.2) is 22.9 Å². The number of rotatable bonds is 5. The number of nitrogens with zero attached hydrogens (tertiary/aromatic N) is 2. The predicted molar refractivity (Wildman–Crippen MR) is 45.4 cm³/mol. The van der Waals surface area contributed by atoms with E-state index in [0.29, 0.717) is 0 Å². The summed E-state index contributed by atoms with van der Waals surface area (Å²) in [7, 11) is 0. The molecule has 0 amide bonds.